The number of nitrogens with two attached hydrogens (primary N) is 1. The van der Waals surface area contributed by atoms with Gasteiger partial charge in [-0.2, -0.15) is 4.98 Å². The molecule has 0 amide bonds. The number of benzene rings is 2. The van der Waals surface area contributed by atoms with Gasteiger partial charge in [-0.3, -0.25) is 0 Å². The van der Waals surface area contributed by atoms with Gasteiger partial charge in [0.2, 0.25) is 5.88 Å². The number of hydrogen-bond acceptors (Lipinski definition) is 7. The third-order valence-corrected chi connectivity index (χ3v) is 5.25. The molecular formula is C23H27N5O2. The molecule has 0 saturated carbocycles. The van der Waals surface area contributed by atoms with Crippen molar-refractivity contribution in [3.8, 4) is 17.4 Å². The van der Waals surface area contributed by atoms with E-state index in [9.17, 15) is 0 Å². The number of methoxy groups -OCH3 is 1. The molecule has 0 atom stereocenters. The van der Waals surface area contributed by atoms with Crippen molar-refractivity contribution in [2.75, 3.05) is 48.8 Å². The molecule has 156 valence electrons. The molecular weight excluding hydrogens is 378 g/mol. The number of aromatic nitrogens is 2. The second kappa shape index (κ2) is 8.49. The van der Waals surface area contributed by atoms with Gasteiger partial charge in [0, 0.05) is 31.9 Å². The van der Waals surface area contributed by atoms with E-state index in [4.69, 9.17) is 15.2 Å². The molecule has 1 fully saturated rings. The highest BCUT2D eigenvalue weighted by molar-refractivity contribution is 5.69. The van der Waals surface area contributed by atoms with Crippen LogP contribution in [0.25, 0.3) is 0 Å². The van der Waals surface area contributed by atoms with E-state index in [0.717, 1.165) is 54.6 Å². The molecule has 2 N–H and O–H groups in total. The van der Waals surface area contributed by atoms with E-state index in [1.54, 1.807) is 7.11 Å². The number of nitrogen functional groups attached to an aromatic ring is 1. The minimum Gasteiger partial charge on any atom is -0.497 e. The van der Waals surface area contributed by atoms with E-state index in [-0.39, 0.29) is 0 Å². The highest BCUT2D eigenvalue weighted by atomic mass is 16.5. The van der Waals surface area contributed by atoms with Crippen molar-refractivity contribution < 1.29 is 9.47 Å². The summed E-state index contributed by atoms with van der Waals surface area (Å²) in [5.74, 6) is 2.71. The van der Waals surface area contributed by atoms with Crippen LogP contribution in [0.2, 0.25) is 0 Å². The van der Waals surface area contributed by atoms with Crippen LogP contribution < -0.4 is 25.0 Å². The van der Waals surface area contributed by atoms with Crippen LogP contribution in [0.5, 0.6) is 17.4 Å². The Morgan fingerprint density at radius 2 is 1.47 bits per heavy atom. The normalized spacial score (nSPS) is 14.0. The topological polar surface area (TPSA) is 76.7 Å². The van der Waals surface area contributed by atoms with E-state index < -0.39 is 0 Å². The minimum atomic E-state index is 0.391. The number of piperazine rings is 1. The average Bonchev–Trinajstić information content (AvgIpc) is 2.75. The Bertz CT molecular complexity index is 994. The maximum absolute atomic E-state index is 6.40. The van der Waals surface area contributed by atoms with Crippen LogP contribution in [0.4, 0.5) is 17.2 Å². The number of aryl methyl sites for hydroxylation is 2. The lowest BCUT2D eigenvalue weighted by Gasteiger charge is -2.37. The standard InChI is InChI=1S/C23H27N5O2/c1-16-12-17(2)14-20(13-16)30-23-21(24)22(25-15-26-23)28-10-8-27(9-11-28)18-4-6-19(29-3)7-5-18/h4-7,12-15H,8-11,24H2,1-3H3. The molecule has 3 aromatic rings. The van der Waals surface area contributed by atoms with Gasteiger partial charge in [-0.25, -0.2) is 4.98 Å². The molecule has 1 aromatic heterocycles. The van der Waals surface area contributed by atoms with E-state index in [2.05, 4.69) is 38.0 Å². The third kappa shape index (κ3) is 4.25. The predicted octanol–water partition coefficient (Wildman–Crippen LogP) is 3.80. The molecule has 0 bridgehead atoms. The summed E-state index contributed by atoms with van der Waals surface area (Å²) in [6, 6.07) is 14.2. The molecule has 0 unspecified atom stereocenters. The van der Waals surface area contributed by atoms with Gasteiger partial charge >= 0.3 is 0 Å². The Morgan fingerprint density at radius 1 is 0.833 bits per heavy atom. The first-order valence-corrected chi connectivity index (χ1v) is 10.0. The molecule has 1 aliphatic heterocycles. The van der Waals surface area contributed by atoms with Crippen molar-refractivity contribution in [2.24, 2.45) is 0 Å². The first kappa shape index (κ1) is 19.8. The summed E-state index contributed by atoms with van der Waals surface area (Å²) in [5, 5.41) is 0. The van der Waals surface area contributed by atoms with Crippen molar-refractivity contribution in [2.45, 2.75) is 13.8 Å². The number of nitrogens with zero attached hydrogens (tertiary/aromatic N) is 4. The van der Waals surface area contributed by atoms with Crippen LogP contribution >= 0.6 is 0 Å². The summed E-state index contributed by atoms with van der Waals surface area (Å²) >= 11 is 0. The van der Waals surface area contributed by atoms with E-state index in [1.165, 1.54) is 12.0 Å². The summed E-state index contributed by atoms with van der Waals surface area (Å²) in [6.45, 7) is 7.46. The van der Waals surface area contributed by atoms with Crippen molar-refractivity contribution in [1.29, 1.82) is 0 Å². The second-order valence-corrected chi connectivity index (χ2v) is 7.51. The van der Waals surface area contributed by atoms with Gasteiger partial charge in [-0.1, -0.05) is 6.07 Å². The Morgan fingerprint density at radius 3 is 2.10 bits per heavy atom. The van der Waals surface area contributed by atoms with Crippen molar-refractivity contribution in [3.05, 3.63) is 59.9 Å². The zero-order valence-electron chi connectivity index (χ0n) is 17.6. The lowest BCUT2D eigenvalue weighted by molar-refractivity contribution is 0.415. The predicted molar refractivity (Wildman–Crippen MR) is 120 cm³/mol. The lowest BCUT2D eigenvalue weighted by Crippen LogP contribution is -2.47. The van der Waals surface area contributed by atoms with Crippen LogP contribution in [-0.4, -0.2) is 43.3 Å². The van der Waals surface area contributed by atoms with Crippen LogP contribution in [0.3, 0.4) is 0 Å². The van der Waals surface area contributed by atoms with Gasteiger partial charge in [0.25, 0.3) is 0 Å². The molecule has 1 aliphatic rings. The van der Waals surface area contributed by atoms with Gasteiger partial charge in [-0.15, -0.1) is 0 Å². The molecule has 4 rings (SSSR count). The first-order valence-electron chi connectivity index (χ1n) is 10.0. The van der Waals surface area contributed by atoms with Crippen LogP contribution in [0, 0.1) is 13.8 Å². The quantitative estimate of drug-likeness (QED) is 0.692. The molecule has 0 spiro atoms. The monoisotopic (exact) mass is 405 g/mol. The van der Waals surface area contributed by atoms with Crippen LogP contribution in [0.15, 0.2) is 48.8 Å². The molecule has 2 aromatic carbocycles. The molecule has 1 saturated heterocycles. The molecule has 7 nitrogen and oxygen atoms in total. The summed E-state index contributed by atoms with van der Waals surface area (Å²) in [4.78, 5) is 13.2. The number of hydrogen-bond donors (Lipinski definition) is 1. The first-order chi connectivity index (χ1) is 14.5. The van der Waals surface area contributed by atoms with Gasteiger partial charge < -0.3 is 25.0 Å². The largest absolute Gasteiger partial charge is 0.497 e. The van der Waals surface area contributed by atoms with Gasteiger partial charge in [0.05, 0.1) is 7.11 Å². The van der Waals surface area contributed by atoms with Crippen molar-refractivity contribution in [1.82, 2.24) is 9.97 Å². The highest BCUT2D eigenvalue weighted by Crippen LogP contribution is 2.33. The summed E-state index contributed by atoms with van der Waals surface area (Å²) in [6.07, 6.45) is 1.51. The van der Waals surface area contributed by atoms with Crippen molar-refractivity contribution in [3.63, 3.8) is 0 Å². The fourth-order valence-electron chi connectivity index (χ4n) is 3.78. The maximum Gasteiger partial charge on any atom is 0.248 e. The Balaban J connectivity index is 1.46. The molecule has 7 heteroatoms. The zero-order chi connectivity index (χ0) is 21.1. The molecule has 2 heterocycles. The number of ether oxygens (including phenoxy) is 2. The smallest absolute Gasteiger partial charge is 0.248 e. The molecule has 0 radical (unpaired) electrons. The fraction of sp³-hybridized carbons (Fsp3) is 0.304. The number of rotatable bonds is 5. The Kier molecular flexibility index (Phi) is 5.61. The SMILES string of the molecule is COc1ccc(N2CCN(c3ncnc(Oc4cc(C)cc(C)c4)c3N)CC2)cc1. The zero-order valence-corrected chi connectivity index (χ0v) is 17.6. The minimum absolute atomic E-state index is 0.391. The molecule has 30 heavy (non-hydrogen) atoms. The summed E-state index contributed by atoms with van der Waals surface area (Å²) < 4.78 is 11.2. The van der Waals surface area contributed by atoms with E-state index in [0.29, 0.717) is 11.6 Å². The highest BCUT2D eigenvalue weighted by Gasteiger charge is 2.22. The Labute approximate surface area is 177 Å². The summed E-state index contributed by atoms with van der Waals surface area (Å²) in [7, 11) is 1.68. The van der Waals surface area contributed by atoms with Crippen molar-refractivity contribution >= 4 is 17.2 Å². The Hall–Kier alpha value is -3.48. The second-order valence-electron chi connectivity index (χ2n) is 7.51. The average molecular weight is 406 g/mol. The molecule has 0 aliphatic carbocycles. The lowest BCUT2D eigenvalue weighted by atomic mass is 10.1. The van der Waals surface area contributed by atoms with E-state index in [1.807, 2.05) is 38.1 Å². The van der Waals surface area contributed by atoms with Gasteiger partial charge in [-0.05, 0) is 61.4 Å². The maximum atomic E-state index is 6.40. The van der Waals surface area contributed by atoms with Crippen LogP contribution in [-0.2, 0) is 0 Å². The fourth-order valence-corrected chi connectivity index (χ4v) is 3.78. The van der Waals surface area contributed by atoms with Gasteiger partial charge in [0.15, 0.2) is 5.82 Å². The van der Waals surface area contributed by atoms with Crippen LogP contribution in [0.1, 0.15) is 11.1 Å². The van der Waals surface area contributed by atoms with Gasteiger partial charge in [0.1, 0.15) is 23.5 Å². The van der Waals surface area contributed by atoms with E-state index >= 15 is 0 Å². The summed E-state index contributed by atoms with van der Waals surface area (Å²) in [5.41, 5.74) is 10.3. The number of anilines is 3. The third-order valence-electron chi connectivity index (χ3n) is 5.25.